The summed E-state index contributed by atoms with van der Waals surface area (Å²) in [7, 11) is 1.63. The number of benzene rings is 2. The minimum atomic E-state index is -0.209. The van der Waals surface area contributed by atoms with Gasteiger partial charge in [-0.2, -0.15) is 0 Å². The van der Waals surface area contributed by atoms with E-state index in [0.29, 0.717) is 27.2 Å². The number of nitrogens with zero attached hydrogens (tertiary/aromatic N) is 6. The lowest BCUT2D eigenvalue weighted by Crippen LogP contribution is -2.27. The highest BCUT2D eigenvalue weighted by atomic mass is 32.2. The molecule has 0 radical (unpaired) electrons. The van der Waals surface area contributed by atoms with Gasteiger partial charge < -0.3 is 9.72 Å². The molecule has 1 unspecified atom stereocenters. The first-order valence-electron chi connectivity index (χ1n) is 10.3. The van der Waals surface area contributed by atoms with E-state index < -0.39 is 0 Å². The normalized spacial score (nSPS) is 16.7. The Morgan fingerprint density at radius 1 is 1.09 bits per heavy atom. The highest BCUT2D eigenvalue weighted by Crippen LogP contribution is 2.45. The number of nitrogens with one attached hydrogen (secondary N) is 1. The van der Waals surface area contributed by atoms with Gasteiger partial charge in [0.25, 0.3) is 0 Å². The average molecular weight is 508 g/mol. The van der Waals surface area contributed by atoms with Crippen LogP contribution in [0, 0.1) is 0 Å². The molecule has 170 valence electrons. The molecular formula is C22H17N7O2S3. The number of carbonyl (C=O) groups is 1. The average Bonchev–Trinajstić information content (AvgIpc) is 3.58. The predicted octanol–water partition coefficient (Wildman–Crippen LogP) is 3.91. The summed E-state index contributed by atoms with van der Waals surface area (Å²) in [5.41, 5.74) is 2.79. The first kappa shape index (κ1) is 21.2. The van der Waals surface area contributed by atoms with Crippen molar-refractivity contribution in [3.63, 3.8) is 0 Å². The number of methoxy groups -OCH3 is 1. The lowest BCUT2D eigenvalue weighted by molar-refractivity contribution is -0.115. The number of rotatable bonds is 5. The number of thioether (sulfide) groups is 1. The fourth-order valence-corrected chi connectivity index (χ4v) is 6.67. The maximum Gasteiger partial charge on any atom is 0.240 e. The fraction of sp³-hybridized carbons (Fsp3) is 0.182. The molecule has 2 aromatic carbocycles. The molecule has 12 heteroatoms. The topological polar surface area (TPSA) is 109 Å². The number of aromatic nitrogens is 5. The van der Waals surface area contributed by atoms with Crippen molar-refractivity contribution in [2.45, 2.75) is 11.9 Å². The molecular weight excluding hydrogens is 490 g/mol. The van der Waals surface area contributed by atoms with E-state index in [1.165, 1.54) is 22.7 Å². The van der Waals surface area contributed by atoms with Crippen LogP contribution in [0.4, 0.5) is 5.13 Å². The minimum absolute atomic E-state index is 0.00195. The van der Waals surface area contributed by atoms with Crippen molar-refractivity contribution in [1.82, 2.24) is 25.4 Å². The number of carbonyl (C=O) groups excluding carboxylic acids is 1. The third kappa shape index (κ3) is 3.73. The molecule has 6 rings (SSSR count). The zero-order valence-corrected chi connectivity index (χ0v) is 20.3. The highest BCUT2D eigenvalue weighted by molar-refractivity contribution is 8.00. The molecule has 0 spiro atoms. The molecule has 5 aromatic rings. The van der Waals surface area contributed by atoms with Crippen LogP contribution in [0.1, 0.15) is 15.9 Å². The number of para-hydroxylation sites is 2. The first-order chi connectivity index (χ1) is 16.7. The second-order valence-electron chi connectivity index (χ2n) is 7.40. The van der Waals surface area contributed by atoms with E-state index in [9.17, 15) is 4.79 Å². The Bertz CT molecular complexity index is 1590. The van der Waals surface area contributed by atoms with Crippen molar-refractivity contribution in [3.8, 4) is 5.75 Å². The smallest absolute Gasteiger partial charge is 0.240 e. The number of hydrogen-bond donors (Lipinski definition) is 1. The van der Waals surface area contributed by atoms with Gasteiger partial charge in [-0.05, 0) is 12.1 Å². The van der Waals surface area contributed by atoms with Crippen molar-refractivity contribution >= 4 is 66.7 Å². The van der Waals surface area contributed by atoms with Crippen LogP contribution in [0.3, 0.4) is 0 Å². The number of H-pyrrole nitrogens is 1. The zero-order valence-electron chi connectivity index (χ0n) is 17.8. The van der Waals surface area contributed by atoms with Crippen LogP contribution in [-0.4, -0.2) is 44.1 Å². The Labute approximate surface area is 205 Å². The van der Waals surface area contributed by atoms with E-state index in [2.05, 4.69) is 30.4 Å². The number of aromatic amines is 1. The molecule has 1 aliphatic rings. The van der Waals surface area contributed by atoms with E-state index in [1.54, 1.807) is 23.8 Å². The summed E-state index contributed by atoms with van der Waals surface area (Å²) in [6.07, 6.45) is 0. The summed E-state index contributed by atoms with van der Waals surface area (Å²) < 4.78 is 5.51. The summed E-state index contributed by atoms with van der Waals surface area (Å²) >= 11 is 4.35. The van der Waals surface area contributed by atoms with Crippen LogP contribution in [0.2, 0.25) is 0 Å². The van der Waals surface area contributed by atoms with Crippen molar-refractivity contribution < 1.29 is 9.53 Å². The van der Waals surface area contributed by atoms with Gasteiger partial charge in [-0.3, -0.25) is 9.69 Å². The molecule has 0 aliphatic carbocycles. The third-order valence-corrected chi connectivity index (χ3v) is 8.35. The molecule has 1 N–H and O–H groups in total. The monoisotopic (exact) mass is 507 g/mol. The summed E-state index contributed by atoms with van der Waals surface area (Å²) in [5, 5.41) is 19.3. The van der Waals surface area contributed by atoms with Gasteiger partial charge in [-0.1, -0.05) is 59.1 Å². The quantitative estimate of drug-likeness (QED) is 0.384. The van der Waals surface area contributed by atoms with Gasteiger partial charge in [0.15, 0.2) is 0 Å². The van der Waals surface area contributed by atoms with E-state index in [-0.39, 0.29) is 11.3 Å². The SMILES string of the molecule is COc1ccccc1C1SCC(=O)N1c1nnc(CN=c2nnc3c([nH]c4ccccc43)s2)s1. The summed E-state index contributed by atoms with van der Waals surface area (Å²) in [6.45, 7) is 0.309. The largest absolute Gasteiger partial charge is 0.496 e. The van der Waals surface area contributed by atoms with E-state index in [0.717, 1.165) is 32.6 Å². The summed E-state index contributed by atoms with van der Waals surface area (Å²) in [5.74, 6) is 1.12. The van der Waals surface area contributed by atoms with Gasteiger partial charge in [-0.15, -0.1) is 32.2 Å². The summed E-state index contributed by atoms with van der Waals surface area (Å²) in [4.78, 5) is 23.8. The predicted molar refractivity (Wildman–Crippen MR) is 134 cm³/mol. The van der Waals surface area contributed by atoms with Gasteiger partial charge in [0.1, 0.15) is 26.5 Å². The van der Waals surface area contributed by atoms with Gasteiger partial charge in [0, 0.05) is 16.5 Å². The van der Waals surface area contributed by atoms with Crippen molar-refractivity contribution in [1.29, 1.82) is 0 Å². The number of amides is 1. The Morgan fingerprint density at radius 3 is 2.85 bits per heavy atom. The Kier molecular flexibility index (Phi) is 5.47. The zero-order chi connectivity index (χ0) is 23.1. The van der Waals surface area contributed by atoms with Crippen LogP contribution in [0.15, 0.2) is 53.5 Å². The van der Waals surface area contributed by atoms with E-state index >= 15 is 0 Å². The summed E-state index contributed by atoms with van der Waals surface area (Å²) in [6, 6.07) is 15.7. The Hall–Kier alpha value is -3.35. The van der Waals surface area contributed by atoms with E-state index in [4.69, 9.17) is 4.74 Å². The van der Waals surface area contributed by atoms with Crippen LogP contribution in [0.5, 0.6) is 5.75 Å². The molecule has 34 heavy (non-hydrogen) atoms. The van der Waals surface area contributed by atoms with Crippen LogP contribution < -0.4 is 14.4 Å². The highest BCUT2D eigenvalue weighted by Gasteiger charge is 2.37. The number of anilines is 1. The Balaban J connectivity index is 1.27. The fourth-order valence-electron chi connectivity index (χ4n) is 3.82. The van der Waals surface area contributed by atoms with Crippen LogP contribution >= 0.6 is 34.4 Å². The Morgan fingerprint density at radius 2 is 1.94 bits per heavy atom. The minimum Gasteiger partial charge on any atom is -0.496 e. The number of ether oxygens (including phenoxy) is 1. The van der Waals surface area contributed by atoms with Crippen LogP contribution in [0.25, 0.3) is 21.3 Å². The second kappa shape index (κ2) is 8.78. The van der Waals surface area contributed by atoms with Gasteiger partial charge >= 0.3 is 0 Å². The number of hydrogen-bond acceptors (Lipinski definition) is 10. The molecule has 1 atom stereocenters. The van der Waals surface area contributed by atoms with Crippen molar-refractivity contribution in [3.05, 3.63) is 63.9 Å². The second-order valence-corrected chi connectivity index (χ2v) is 10.5. The van der Waals surface area contributed by atoms with Crippen LogP contribution in [-0.2, 0) is 11.3 Å². The molecule has 0 bridgehead atoms. The molecule has 1 saturated heterocycles. The van der Waals surface area contributed by atoms with Gasteiger partial charge in [0.05, 0.1) is 19.4 Å². The standard InChI is InChI=1S/C22H17N7O2S3/c1-31-15-9-5-3-7-13(15)20-29(17(30)11-32-20)22-28-25-16(33-22)10-23-21-27-26-18-12-6-2-4-8-14(12)24-19(18)34-21/h2-9,20,24H,10-11H2,1H3. The molecule has 0 saturated carbocycles. The lowest BCUT2D eigenvalue weighted by atomic mass is 10.2. The maximum absolute atomic E-state index is 12.7. The molecule has 1 aliphatic heterocycles. The molecule has 4 heterocycles. The van der Waals surface area contributed by atoms with Gasteiger partial charge in [0.2, 0.25) is 15.8 Å². The van der Waals surface area contributed by atoms with Crippen molar-refractivity contribution in [2.75, 3.05) is 17.8 Å². The van der Waals surface area contributed by atoms with E-state index in [1.807, 2.05) is 48.5 Å². The third-order valence-electron chi connectivity index (χ3n) is 5.36. The molecule has 1 fully saturated rings. The molecule has 3 aromatic heterocycles. The van der Waals surface area contributed by atoms with Gasteiger partial charge in [-0.25, -0.2) is 4.99 Å². The number of fused-ring (bicyclic) bond motifs is 3. The first-order valence-corrected chi connectivity index (χ1v) is 13.0. The molecule has 9 nitrogen and oxygen atoms in total. The maximum atomic E-state index is 12.7. The lowest BCUT2D eigenvalue weighted by Gasteiger charge is -2.22. The van der Waals surface area contributed by atoms with Crippen molar-refractivity contribution in [2.24, 2.45) is 4.99 Å². The molecule has 1 amide bonds.